The average Bonchev–Trinajstić information content (AvgIpc) is 2.15. The van der Waals surface area contributed by atoms with Crippen LogP contribution in [0.5, 0.6) is 0 Å². The van der Waals surface area contributed by atoms with E-state index >= 15 is 0 Å². The summed E-state index contributed by atoms with van der Waals surface area (Å²) in [6.45, 7) is 5.47. The maximum atomic E-state index is 7.12. The quantitative estimate of drug-likeness (QED) is 0.415. The third kappa shape index (κ3) is 5.50. The van der Waals surface area contributed by atoms with E-state index in [1.54, 1.807) is 0 Å². The van der Waals surface area contributed by atoms with Crippen molar-refractivity contribution in [2.24, 2.45) is 17.6 Å². The van der Waals surface area contributed by atoms with E-state index in [0.29, 0.717) is 18.4 Å². The van der Waals surface area contributed by atoms with E-state index in [-0.39, 0.29) is 0 Å². The van der Waals surface area contributed by atoms with Crippen molar-refractivity contribution in [2.45, 2.75) is 58.5 Å². The van der Waals surface area contributed by atoms with Gasteiger partial charge in [-0.2, -0.15) is 0 Å². The molecule has 0 bridgehead atoms. The lowest BCUT2D eigenvalue weighted by Crippen LogP contribution is -2.26. The summed E-state index contributed by atoms with van der Waals surface area (Å²) in [4.78, 5) is 0. The van der Waals surface area contributed by atoms with E-state index in [1.807, 2.05) is 0 Å². The van der Waals surface area contributed by atoms with Crippen molar-refractivity contribution in [3.05, 3.63) is 0 Å². The van der Waals surface area contributed by atoms with Crippen LogP contribution in [0.2, 0.25) is 0 Å². The first-order chi connectivity index (χ1) is 7.58. The normalized spacial score (nSPS) is 30.2. The van der Waals surface area contributed by atoms with Crippen molar-refractivity contribution < 1.29 is 4.74 Å². The number of hydrogen-bond acceptors (Lipinski definition) is 2. The number of hydrogen-bond donors (Lipinski definition) is 2. The Morgan fingerprint density at radius 3 is 2.38 bits per heavy atom. The molecule has 0 aromatic rings. The third-order valence-electron chi connectivity index (χ3n) is 3.33. The molecule has 3 nitrogen and oxygen atoms in total. The number of nitrogens with two attached hydrogens (primary N) is 1. The summed E-state index contributed by atoms with van der Waals surface area (Å²) in [7, 11) is 0. The summed E-state index contributed by atoms with van der Waals surface area (Å²) in [5, 5.41) is 7.12. The fourth-order valence-electron chi connectivity index (χ4n) is 2.68. The predicted molar refractivity (Wildman–Crippen MR) is 67.7 cm³/mol. The van der Waals surface area contributed by atoms with Crippen LogP contribution in [-0.2, 0) is 4.74 Å². The fourth-order valence-corrected chi connectivity index (χ4v) is 2.68. The largest absolute Gasteiger partial charge is 0.388 e. The van der Waals surface area contributed by atoms with Gasteiger partial charge in [0.25, 0.3) is 0 Å². The van der Waals surface area contributed by atoms with Crippen molar-refractivity contribution in [1.82, 2.24) is 0 Å². The molecule has 1 rings (SSSR count). The van der Waals surface area contributed by atoms with Crippen molar-refractivity contribution >= 4 is 5.84 Å². The first-order valence-corrected chi connectivity index (χ1v) is 6.52. The van der Waals surface area contributed by atoms with Crippen LogP contribution in [0.25, 0.3) is 0 Å². The second-order valence-corrected chi connectivity index (χ2v) is 5.39. The zero-order valence-electron chi connectivity index (χ0n) is 10.7. The Morgan fingerprint density at radius 2 is 1.81 bits per heavy atom. The minimum absolute atomic E-state index is 0.292. The standard InChI is InChI=1S/C13H26N2O/c1-10-7-11(2)9-12(8-10)16-6-4-3-5-13(14)15/h10-12H,3-9H2,1-2H3,(H3,14,15). The lowest BCUT2D eigenvalue weighted by Gasteiger charge is -2.31. The van der Waals surface area contributed by atoms with Crippen LogP contribution in [0.15, 0.2) is 0 Å². The predicted octanol–water partition coefficient (Wildman–Crippen LogP) is 2.93. The number of unbranched alkanes of at least 4 members (excludes halogenated alkanes) is 1. The van der Waals surface area contributed by atoms with Gasteiger partial charge in [0.1, 0.15) is 0 Å². The van der Waals surface area contributed by atoms with Crippen molar-refractivity contribution in [2.75, 3.05) is 6.61 Å². The smallest absolute Gasteiger partial charge is 0.0905 e. The molecule has 2 atom stereocenters. The SMILES string of the molecule is CC1CC(C)CC(OCCCCC(=N)N)C1. The van der Waals surface area contributed by atoms with E-state index in [2.05, 4.69) is 13.8 Å². The Hall–Kier alpha value is -0.570. The average molecular weight is 226 g/mol. The Labute approximate surface area is 99.3 Å². The maximum absolute atomic E-state index is 7.12. The molecule has 0 heterocycles. The van der Waals surface area contributed by atoms with Gasteiger partial charge in [-0.1, -0.05) is 13.8 Å². The molecule has 0 aromatic heterocycles. The number of amidine groups is 1. The highest BCUT2D eigenvalue weighted by Gasteiger charge is 2.23. The second-order valence-electron chi connectivity index (χ2n) is 5.39. The van der Waals surface area contributed by atoms with Gasteiger partial charge in [-0.15, -0.1) is 0 Å². The van der Waals surface area contributed by atoms with Crippen LogP contribution in [0.3, 0.4) is 0 Å². The lowest BCUT2D eigenvalue weighted by atomic mass is 9.82. The van der Waals surface area contributed by atoms with Gasteiger partial charge in [0.2, 0.25) is 0 Å². The van der Waals surface area contributed by atoms with Gasteiger partial charge in [-0.3, -0.25) is 5.41 Å². The molecule has 94 valence electrons. The van der Waals surface area contributed by atoms with E-state index in [9.17, 15) is 0 Å². The zero-order valence-corrected chi connectivity index (χ0v) is 10.7. The van der Waals surface area contributed by atoms with E-state index in [0.717, 1.165) is 31.3 Å². The second kappa shape index (κ2) is 6.89. The van der Waals surface area contributed by atoms with Crippen LogP contribution < -0.4 is 5.73 Å². The molecule has 0 spiro atoms. The minimum Gasteiger partial charge on any atom is -0.388 e. The summed E-state index contributed by atoms with van der Waals surface area (Å²) >= 11 is 0. The van der Waals surface area contributed by atoms with Crippen LogP contribution in [0.4, 0.5) is 0 Å². The van der Waals surface area contributed by atoms with Gasteiger partial charge in [-0.05, 0) is 43.9 Å². The van der Waals surface area contributed by atoms with E-state index < -0.39 is 0 Å². The Bertz CT molecular complexity index is 208. The Morgan fingerprint density at radius 1 is 1.19 bits per heavy atom. The number of ether oxygens (including phenoxy) is 1. The molecule has 1 fully saturated rings. The highest BCUT2D eigenvalue weighted by Crippen LogP contribution is 2.30. The van der Waals surface area contributed by atoms with Crippen LogP contribution in [0.1, 0.15) is 52.4 Å². The molecule has 1 saturated carbocycles. The van der Waals surface area contributed by atoms with Gasteiger partial charge in [0.15, 0.2) is 0 Å². The molecule has 16 heavy (non-hydrogen) atoms. The van der Waals surface area contributed by atoms with Crippen LogP contribution in [-0.4, -0.2) is 18.5 Å². The van der Waals surface area contributed by atoms with Crippen LogP contribution >= 0.6 is 0 Å². The minimum atomic E-state index is 0.292. The summed E-state index contributed by atoms with van der Waals surface area (Å²) in [6, 6.07) is 0. The molecular weight excluding hydrogens is 200 g/mol. The van der Waals surface area contributed by atoms with Gasteiger partial charge < -0.3 is 10.5 Å². The molecule has 3 heteroatoms. The molecule has 0 radical (unpaired) electrons. The zero-order chi connectivity index (χ0) is 12.0. The monoisotopic (exact) mass is 226 g/mol. The summed E-state index contributed by atoms with van der Waals surface area (Å²) in [5.74, 6) is 1.91. The van der Waals surface area contributed by atoms with E-state index in [4.69, 9.17) is 15.9 Å². The maximum Gasteiger partial charge on any atom is 0.0905 e. The summed E-state index contributed by atoms with van der Waals surface area (Å²) in [5.41, 5.74) is 5.30. The van der Waals surface area contributed by atoms with E-state index in [1.165, 1.54) is 19.3 Å². The topological polar surface area (TPSA) is 59.1 Å². The molecule has 2 unspecified atom stereocenters. The van der Waals surface area contributed by atoms with Gasteiger partial charge in [-0.25, -0.2) is 0 Å². The summed E-state index contributed by atoms with van der Waals surface area (Å²) in [6.07, 6.45) is 6.97. The van der Waals surface area contributed by atoms with Crippen molar-refractivity contribution in [3.63, 3.8) is 0 Å². The van der Waals surface area contributed by atoms with Crippen LogP contribution in [0, 0.1) is 17.2 Å². The first kappa shape index (κ1) is 13.5. The molecule has 0 amide bonds. The molecule has 0 aliphatic heterocycles. The molecule has 3 N–H and O–H groups in total. The molecule has 1 aliphatic carbocycles. The highest BCUT2D eigenvalue weighted by molar-refractivity contribution is 5.76. The summed E-state index contributed by atoms with van der Waals surface area (Å²) < 4.78 is 5.89. The highest BCUT2D eigenvalue weighted by atomic mass is 16.5. The van der Waals surface area contributed by atoms with Gasteiger partial charge in [0, 0.05) is 13.0 Å². The van der Waals surface area contributed by atoms with Crippen molar-refractivity contribution in [3.8, 4) is 0 Å². The number of rotatable bonds is 6. The molecule has 0 saturated heterocycles. The molecule has 1 aliphatic rings. The van der Waals surface area contributed by atoms with Gasteiger partial charge in [0.05, 0.1) is 11.9 Å². The molecular formula is C13H26N2O. The number of nitrogens with one attached hydrogen (secondary N) is 1. The Kier molecular flexibility index (Phi) is 5.81. The first-order valence-electron chi connectivity index (χ1n) is 6.52. The fraction of sp³-hybridized carbons (Fsp3) is 0.923. The third-order valence-corrected chi connectivity index (χ3v) is 3.33. The van der Waals surface area contributed by atoms with Gasteiger partial charge >= 0.3 is 0 Å². The lowest BCUT2D eigenvalue weighted by molar-refractivity contribution is -0.000318. The molecule has 0 aromatic carbocycles. The Balaban J connectivity index is 2.06. The van der Waals surface area contributed by atoms with Crippen molar-refractivity contribution in [1.29, 1.82) is 5.41 Å².